The summed E-state index contributed by atoms with van der Waals surface area (Å²) in [6.07, 6.45) is 0. The van der Waals surface area contributed by atoms with Crippen LogP contribution in [0.2, 0.25) is 0 Å². The normalized spacial score (nSPS) is 9.67. The van der Waals surface area contributed by atoms with Gasteiger partial charge in [-0.15, -0.1) is 0 Å². The Kier molecular flexibility index (Phi) is 4.16. The van der Waals surface area contributed by atoms with Crippen LogP contribution in [-0.2, 0) is 10.5 Å². The Morgan fingerprint density at radius 2 is 1.50 bits per heavy atom. The van der Waals surface area contributed by atoms with Gasteiger partial charge < -0.3 is 0 Å². The molecule has 0 aromatic rings. The maximum Gasteiger partial charge on any atom is 0.435 e. The van der Waals surface area contributed by atoms with Gasteiger partial charge >= 0.3 is 10.5 Å². The van der Waals surface area contributed by atoms with Gasteiger partial charge in [-0.05, 0) is 0 Å². The molecule has 0 aliphatic heterocycles. The van der Waals surface area contributed by atoms with E-state index in [1.54, 1.807) is 0 Å². The average molecular weight is 107 g/mol. The van der Waals surface area contributed by atoms with Crippen molar-refractivity contribution in [2.75, 3.05) is 0 Å². The summed E-state index contributed by atoms with van der Waals surface area (Å²) in [5.74, 6) is 0. The van der Waals surface area contributed by atoms with Gasteiger partial charge in [0.05, 0.1) is 0 Å². The molecule has 0 rings (SSSR count). The molecule has 6 heavy (non-hydrogen) atoms. The molecule has 6 heteroatoms. The molecule has 0 unspecified atom stereocenters. The Bertz CT molecular complexity index is 94.0. The van der Waals surface area contributed by atoms with Crippen LogP contribution in [0.3, 0.4) is 0 Å². The molecule has 0 spiro atoms. The summed E-state index contributed by atoms with van der Waals surface area (Å²) in [5.41, 5.74) is 0. The summed E-state index contributed by atoms with van der Waals surface area (Å²) < 4.78 is 34.1. The van der Waals surface area contributed by atoms with E-state index < -0.39 is 10.5 Å². The van der Waals surface area contributed by atoms with Crippen LogP contribution in [0.5, 0.6) is 0 Å². The molecular formula is HFLiO3S. The molecule has 0 aliphatic carbocycles. The van der Waals surface area contributed by atoms with Crippen LogP contribution in [0.15, 0.2) is 0 Å². The maximum absolute atomic E-state index is 10.2. The first-order valence-corrected chi connectivity index (χ1v) is 2.01. The predicted octanol–water partition coefficient (Wildman–Crippen LogP) is -0.622. The molecule has 0 heterocycles. The third kappa shape index (κ3) is 274. The van der Waals surface area contributed by atoms with Crippen LogP contribution in [-0.4, -0.2) is 31.8 Å². The second-order valence-electron chi connectivity index (χ2n) is 0.412. The minimum Gasteiger partial charge on any atom is -0.260 e. The summed E-state index contributed by atoms with van der Waals surface area (Å²) in [6.45, 7) is 0. The Hall–Kier alpha value is 0.437. The van der Waals surface area contributed by atoms with Crippen LogP contribution in [0.4, 0.5) is 3.89 Å². The third-order valence-electron chi connectivity index (χ3n) is 0. The van der Waals surface area contributed by atoms with Crippen LogP contribution >= 0.6 is 0 Å². The standard InChI is InChI=1S/FHO3S.Li/c1-5(2,3)4;/h(H,2,3,4);. The molecule has 0 saturated carbocycles. The van der Waals surface area contributed by atoms with Gasteiger partial charge in [0, 0.05) is 18.9 Å². The van der Waals surface area contributed by atoms with Crippen molar-refractivity contribution in [1.29, 1.82) is 0 Å². The van der Waals surface area contributed by atoms with Crippen LogP contribution in [0.1, 0.15) is 0 Å². The second kappa shape index (κ2) is 2.58. The monoisotopic (exact) mass is 107 g/mol. The van der Waals surface area contributed by atoms with Crippen molar-refractivity contribution in [3.8, 4) is 0 Å². The van der Waals surface area contributed by atoms with E-state index in [-0.39, 0.29) is 18.9 Å². The van der Waals surface area contributed by atoms with E-state index in [2.05, 4.69) is 0 Å². The summed E-state index contributed by atoms with van der Waals surface area (Å²) in [6, 6.07) is 0. The molecule has 0 aliphatic rings. The summed E-state index contributed by atoms with van der Waals surface area (Å²) in [7, 11) is -5.17. The molecule has 0 aromatic heterocycles. The molecule has 3 nitrogen and oxygen atoms in total. The molecule has 0 atom stereocenters. The molecule has 0 saturated heterocycles. The second-order valence-corrected chi connectivity index (χ2v) is 1.24. The maximum atomic E-state index is 10.2. The van der Waals surface area contributed by atoms with E-state index in [0.29, 0.717) is 0 Å². The Morgan fingerprint density at radius 1 is 1.50 bits per heavy atom. The minimum atomic E-state index is -5.17. The Morgan fingerprint density at radius 3 is 1.50 bits per heavy atom. The summed E-state index contributed by atoms with van der Waals surface area (Å²) in [4.78, 5) is 0. The summed E-state index contributed by atoms with van der Waals surface area (Å²) in [5, 5.41) is 0. The van der Waals surface area contributed by atoms with Crippen molar-refractivity contribution < 1.29 is 16.9 Å². The molecular weight excluding hydrogens is 106 g/mol. The van der Waals surface area contributed by atoms with Gasteiger partial charge in [0.1, 0.15) is 0 Å². The van der Waals surface area contributed by atoms with Gasteiger partial charge in [-0.2, -0.15) is 8.42 Å². The van der Waals surface area contributed by atoms with E-state index in [1.165, 1.54) is 0 Å². The summed E-state index contributed by atoms with van der Waals surface area (Å²) >= 11 is 0. The van der Waals surface area contributed by atoms with Crippen molar-refractivity contribution >= 4 is 29.4 Å². The topological polar surface area (TPSA) is 54.4 Å². The van der Waals surface area contributed by atoms with Gasteiger partial charge in [-0.3, -0.25) is 4.55 Å². The van der Waals surface area contributed by atoms with Gasteiger partial charge in [0.2, 0.25) is 0 Å². The van der Waals surface area contributed by atoms with Gasteiger partial charge in [-0.1, -0.05) is 3.89 Å². The molecule has 33 valence electrons. The van der Waals surface area contributed by atoms with Crippen LogP contribution in [0, 0.1) is 0 Å². The molecule has 0 fully saturated rings. The first-order valence-electron chi connectivity index (χ1n) is 0.670. The van der Waals surface area contributed by atoms with Crippen molar-refractivity contribution in [2.45, 2.75) is 0 Å². The van der Waals surface area contributed by atoms with Crippen LogP contribution in [0.25, 0.3) is 0 Å². The first kappa shape index (κ1) is 9.67. The zero-order valence-electron chi connectivity index (χ0n) is 3.05. The first-order chi connectivity index (χ1) is 2.00. The van der Waals surface area contributed by atoms with Gasteiger partial charge in [0.25, 0.3) is 0 Å². The zero-order valence-corrected chi connectivity index (χ0v) is 3.87. The van der Waals surface area contributed by atoms with E-state index in [1.807, 2.05) is 0 Å². The number of hydrogen-bond acceptors (Lipinski definition) is 2. The molecule has 0 amide bonds. The van der Waals surface area contributed by atoms with E-state index in [0.717, 1.165) is 0 Å². The predicted molar refractivity (Wildman–Crippen MR) is 18.4 cm³/mol. The molecule has 1 N–H and O–H groups in total. The SMILES string of the molecule is O=S(=O)(O)F.[Li]. The minimum absolute atomic E-state index is 0. The smallest absolute Gasteiger partial charge is 0.260 e. The fourth-order valence-electron chi connectivity index (χ4n) is 0. The van der Waals surface area contributed by atoms with E-state index in [4.69, 9.17) is 13.0 Å². The molecule has 0 aromatic carbocycles. The van der Waals surface area contributed by atoms with Gasteiger partial charge in [-0.25, -0.2) is 0 Å². The van der Waals surface area contributed by atoms with Crippen molar-refractivity contribution in [3.05, 3.63) is 0 Å². The average Bonchev–Trinajstić information content (AvgIpc) is 0.722. The number of hydrogen-bond donors (Lipinski definition) is 1. The van der Waals surface area contributed by atoms with E-state index >= 15 is 0 Å². The van der Waals surface area contributed by atoms with Gasteiger partial charge in [0.15, 0.2) is 0 Å². The zero-order chi connectivity index (χ0) is 4.50. The Balaban J connectivity index is 0. The number of rotatable bonds is 0. The van der Waals surface area contributed by atoms with Crippen molar-refractivity contribution in [3.63, 3.8) is 0 Å². The molecule has 0 bridgehead atoms. The largest absolute Gasteiger partial charge is 0.435 e. The fourth-order valence-corrected chi connectivity index (χ4v) is 0. The number of halogens is 1. The third-order valence-corrected chi connectivity index (χ3v) is 0. The quantitative estimate of drug-likeness (QED) is 0.255. The van der Waals surface area contributed by atoms with Crippen molar-refractivity contribution in [1.82, 2.24) is 0 Å². The molecule has 1 radical (unpaired) electrons. The fraction of sp³-hybridized carbons (Fsp3) is 0. The van der Waals surface area contributed by atoms with Crippen LogP contribution < -0.4 is 0 Å². The van der Waals surface area contributed by atoms with E-state index in [9.17, 15) is 3.89 Å². The Labute approximate surface area is 46.8 Å². The van der Waals surface area contributed by atoms with Crippen molar-refractivity contribution in [2.24, 2.45) is 0 Å².